The summed E-state index contributed by atoms with van der Waals surface area (Å²) in [5.41, 5.74) is 2.13. The Morgan fingerprint density at radius 1 is 1.03 bits per heavy atom. The number of alkyl halides is 1. The van der Waals surface area contributed by atoms with Gasteiger partial charge in [-0.15, -0.1) is 0 Å². The van der Waals surface area contributed by atoms with Gasteiger partial charge in [0.05, 0.1) is 35.6 Å². The van der Waals surface area contributed by atoms with E-state index in [-0.39, 0.29) is 23.4 Å². The molecule has 9 nitrogen and oxygen atoms in total. The average Bonchev–Trinajstić information content (AvgIpc) is 3.61. The minimum Gasteiger partial charge on any atom is -0.378 e. The number of nitrogens with zero attached hydrogens (tertiary/aromatic N) is 5. The van der Waals surface area contributed by atoms with Gasteiger partial charge in [-0.25, -0.2) is 12.8 Å². The van der Waals surface area contributed by atoms with Gasteiger partial charge in [0.25, 0.3) is 5.91 Å². The molecule has 2 aromatic rings. The number of amides is 1. The molecule has 0 aliphatic carbocycles. The van der Waals surface area contributed by atoms with Crippen molar-refractivity contribution in [2.45, 2.75) is 35.7 Å². The number of hydrogen-bond acceptors (Lipinski definition) is 7. The van der Waals surface area contributed by atoms with E-state index in [1.165, 1.54) is 0 Å². The van der Waals surface area contributed by atoms with Crippen molar-refractivity contribution < 1.29 is 22.3 Å². The summed E-state index contributed by atoms with van der Waals surface area (Å²) in [6.07, 6.45) is 0.760. The van der Waals surface area contributed by atoms with Crippen LogP contribution in [0.1, 0.15) is 34.9 Å². The van der Waals surface area contributed by atoms with Crippen molar-refractivity contribution in [2.75, 3.05) is 65.6 Å². The fourth-order valence-electron chi connectivity index (χ4n) is 5.93. The summed E-state index contributed by atoms with van der Waals surface area (Å²) in [6, 6.07) is 7.06. The second-order valence-corrected chi connectivity index (χ2v) is 12.2. The largest absolute Gasteiger partial charge is 0.378 e. The predicted octanol–water partition coefficient (Wildman–Crippen LogP) is 1.60. The summed E-state index contributed by atoms with van der Waals surface area (Å²) in [5, 5.41) is 4.83. The Kier molecular flexibility index (Phi) is 6.35. The lowest BCUT2D eigenvalue weighted by Crippen LogP contribution is -2.41. The normalized spacial score (nSPS) is 26.2. The fraction of sp³-hybridized carbons (Fsp3) is 0.600. The van der Waals surface area contributed by atoms with E-state index in [1.54, 1.807) is 17.0 Å². The van der Waals surface area contributed by atoms with Crippen LogP contribution in [-0.2, 0) is 20.3 Å². The lowest BCUT2D eigenvalue weighted by Gasteiger charge is -2.26. The molecular formula is C25H32FN5O4S. The molecule has 0 saturated carbocycles. The summed E-state index contributed by atoms with van der Waals surface area (Å²) in [5.74, 6) is -0.451. The predicted molar refractivity (Wildman–Crippen MR) is 131 cm³/mol. The third-order valence-corrected chi connectivity index (χ3v) is 9.56. The first-order valence-corrected chi connectivity index (χ1v) is 14.5. The maximum Gasteiger partial charge on any atom is 0.274 e. The molecule has 0 spiro atoms. The van der Waals surface area contributed by atoms with Gasteiger partial charge in [-0.1, -0.05) is 18.2 Å². The van der Waals surface area contributed by atoms with Crippen molar-refractivity contribution in [3.8, 4) is 11.3 Å². The number of rotatable bonds is 5. The van der Waals surface area contributed by atoms with Gasteiger partial charge in [-0.3, -0.25) is 19.3 Å². The summed E-state index contributed by atoms with van der Waals surface area (Å²) >= 11 is 0. The second kappa shape index (κ2) is 9.51. The zero-order valence-electron chi connectivity index (χ0n) is 20.3. The van der Waals surface area contributed by atoms with E-state index in [2.05, 4.69) is 9.80 Å². The minimum atomic E-state index is -3.58. The van der Waals surface area contributed by atoms with E-state index in [0.29, 0.717) is 55.3 Å². The number of ether oxygens (including phenoxy) is 1. The highest BCUT2D eigenvalue weighted by Gasteiger charge is 2.39. The third-order valence-electron chi connectivity index (χ3n) is 7.86. The van der Waals surface area contributed by atoms with Crippen molar-refractivity contribution >= 4 is 15.7 Å². The summed E-state index contributed by atoms with van der Waals surface area (Å²) < 4.78 is 47.2. The van der Waals surface area contributed by atoms with Crippen LogP contribution in [0.15, 0.2) is 29.2 Å². The molecule has 4 aliphatic heterocycles. The average molecular weight is 518 g/mol. The third kappa shape index (κ3) is 4.36. The van der Waals surface area contributed by atoms with Crippen molar-refractivity contribution in [3.63, 3.8) is 0 Å². The quantitative estimate of drug-likeness (QED) is 0.595. The van der Waals surface area contributed by atoms with Gasteiger partial charge in [0.2, 0.25) is 0 Å². The molecule has 3 saturated heterocycles. The molecule has 1 amide bonds. The molecule has 36 heavy (non-hydrogen) atoms. The number of likely N-dealkylation sites (tertiary alicyclic amines) is 2. The van der Waals surface area contributed by atoms with E-state index >= 15 is 0 Å². The first-order chi connectivity index (χ1) is 17.4. The van der Waals surface area contributed by atoms with Crippen LogP contribution in [0.3, 0.4) is 0 Å². The van der Waals surface area contributed by atoms with Gasteiger partial charge in [0, 0.05) is 63.5 Å². The molecule has 3 fully saturated rings. The maximum atomic E-state index is 13.5. The van der Waals surface area contributed by atoms with E-state index < -0.39 is 16.0 Å². The first kappa shape index (κ1) is 24.0. The van der Waals surface area contributed by atoms with Crippen molar-refractivity contribution in [2.24, 2.45) is 0 Å². The molecule has 194 valence electrons. The SMILES string of the molecule is O=C(c1nn(C2CCN(CCN3CC[C@H](F)C3)C2)c2c1CS(=O)(=O)c1ccccc1-2)N1CCOCC1. The van der Waals surface area contributed by atoms with Gasteiger partial charge in [0.15, 0.2) is 15.5 Å². The van der Waals surface area contributed by atoms with Crippen LogP contribution in [0.4, 0.5) is 4.39 Å². The summed E-state index contributed by atoms with van der Waals surface area (Å²) in [4.78, 5) is 20.1. The number of benzene rings is 1. The Labute approximate surface area is 210 Å². The zero-order chi connectivity index (χ0) is 24.9. The van der Waals surface area contributed by atoms with Crippen LogP contribution < -0.4 is 0 Å². The first-order valence-electron chi connectivity index (χ1n) is 12.8. The Balaban J connectivity index is 1.32. The standard InChI is InChI=1S/C25H32FN5O4S/c26-18-5-7-28(15-18)9-10-29-8-6-19(16-29)31-24-20-3-1-2-4-22(20)36(33,34)17-21(24)23(27-31)25(32)30-11-13-35-14-12-30/h1-4,18-19H,5-17H2/t18-,19?/m0/s1. The molecule has 11 heteroatoms. The highest BCUT2D eigenvalue weighted by Crippen LogP contribution is 2.42. The number of carbonyl (C=O) groups is 1. The molecule has 1 aromatic carbocycles. The molecule has 2 atom stereocenters. The van der Waals surface area contributed by atoms with Gasteiger partial charge >= 0.3 is 0 Å². The molecule has 4 aliphatic rings. The molecule has 1 unspecified atom stereocenters. The zero-order valence-corrected chi connectivity index (χ0v) is 21.1. The fourth-order valence-corrected chi connectivity index (χ4v) is 7.53. The molecule has 0 N–H and O–H groups in total. The monoisotopic (exact) mass is 517 g/mol. The Morgan fingerprint density at radius 3 is 2.50 bits per heavy atom. The van der Waals surface area contributed by atoms with E-state index in [4.69, 9.17) is 9.84 Å². The molecule has 5 heterocycles. The molecule has 6 rings (SSSR count). The smallest absolute Gasteiger partial charge is 0.274 e. The number of morpholine rings is 1. The number of hydrogen-bond donors (Lipinski definition) is 0. The van der Waals surface area contributed by atoms with Gasteiger partial charge in [0.1, 0.15) is 6.17 Å². The Morgan fingerprint density at radius 2 is 1.75 bits per heavy atom. The van der Waals surface area contributed by atoms with Gasteiger partial charge in [-0.05, 0) is 18.9 Å². The highest BCUT2D eigenvalue weighted by atomic mass is 32.2. The lowest BCUT2D eigenvalue weighted by atomic mass is 10.0. The number of aromatic nitrogens is 2. The second-order valence-electron chi connectivity index (χ2n) is 10.2. The van der Waals surface area contributed by atoms with Crippen LogP contribution >= 0.6 is 0 Å². The van der Waals surface area contributed by atoms with E-state index in [9.17, 15) is 17.6 Å². The maximum absolute atomic E-state index is 13.5. The van der Waals surface area contributed by atoms with Gasteiger partial charge < -0.3 is 9.64 Å². The Bertz CT molecular complexity index is 1260. The summed E-state index contributed by atoms with van der Waals surface area (Å²) in [6.45, 7) is 6.55. The lowest BCUT2D eigenvalue weighted by molar-refractivity contribution is 0.0297. The molecule has 0 radical (unpaired) electrons. The summed E-state index contributed by atoms with van der Waals surface area (Å²) in [7, 11) is -3.58. The van der Waals surface area contributed by atoms with Crippen LogP contribution in [0.5, 0.6) is 0 Å². The number of sulfone groups is 1. The van der Waals surface area contributed by atoms with Crippen molar-refractivity contribution in [1.29, 1.82) is 0 Å². The van der Waals surface area contributed by atoms with Gasteiger partial charge in [-0.2, -0.15) is 5.10 Å². The minimum absolute atomic E-state index is 0.0337. The van der Waals surface area contributed by atoms with Crippen LogP contribution in [-0.4, -0.2) is 111 Å². The Hall–Kier alpha value is -2.34. The topological polar surface area (TPSA) is 88.0 Å². The number of carbonyl (C=O) groups excluding carboxylic acids is 1. The number of fused-ring (bicyclic) bond motifs is 3. The van der Waals surface area contributed by atoms with Crippen LogP contribution in [0.25, 0.3) is 11.3 Å². The van der Waals surface area contributed by atoms with Crippen molar-refractivity contribution in [1.82, 2.24) is 24.5 Å². The van der Waals surface area contributed by atoms with E-state index in [1.807, 2.05) is 16.8 Å². The van der Waals surface area contributed by atoms with E-state index in [0.717, 1.165) is 44.8 Å². The van der Waals surface area contributed by atoms with Crippen molar-refractivity contribution in [3.05, 3.63) is 35.5 Å². The van der Waals surface area contributed by atoms with Crippen LogP contribution in [0, 0.1) is 0 Å². The molecular weight excluding hydrogens is 485 g/mol. The van der Waals surface area contributed by atoms with Crippen LogP contribution in [0.2, 0.25) is 0 Å². The number of halogens is 1. The highest BCUT2D eigenvalue weighted by molar-refractivity contribution is 7.90. The molecule has 1 aromatic heterocycles. The molecule has 0 bridgehead atoms.